The van der Waals surface area contributed by atoms with E-state index < -0.39 is 6.10 Å². The maximum Gasteiger partial charge on any atom is 0.160 e. The van der Waals surface area contributed by atoms with Gasteiger partial charge in [0.25, 0.3) is 0 Å². The highest BCUT2D eigenvalue weighted by molar-refractivity contribution is 5.89. The third-order valence-electron chi connectivity index (χ3n) is 4.87. The van der Waals surface area contributed by atoms with Gasteiger partial charge in [-0.25, -0.2) is 15.0 Å². The first-order valence-corrected chi connectivity index (χ1v) is 9.69. The second-order valence-electron chi connectivity index (χ2n) is 6.88. The van der Waals surface area contributed by atoms with Crippen LogP contribution in [0.25, 0.3) is 22.3 Å². The van der Waals surface area contributed by atoms with Crippen molar-refractivity contribution >= 4 is 16.7 Å². The Balaban J connectivity index is 1.69. The van der Waals surface area contributed by atoms with Gasteiger partial charge in [-0.3, -0.25) is 4.98 Å². The van der Waals surface area contributed by atoms with Crippen LogP contribution in [-0.4, -0.2) is 25.0 Å². The van der Waals surface area contributed by atoms with E-state index >= 15 is 0 Å². The molecule has 0 fully saturated rings. The van der Waals surface area contributed by atoms with E-state index in [1.165, 1.54) is 0 Å². The Bertz CT molecular complexity index is 1290. The fourth-order valence-electron chi connectivity index (χ4n) is 3.31. The van der Waals surface area contributed by atoms with Gasteiger partial charge in [0.15, 0.2) is 11.9 Å². The summed E-state index contributed by atoms with van der Waals surface area (Å²) in [5.41, 5.74) is 10.6. The molecule has 0 amide bonds. The quantitative estimate of drug-likeness (QED) is 0.514. The molecule has 1 atom stereocenters. The van der Waals surface area contributed by atoms with Crippen molar-refractivity contribution in [2.24, 2.45) is 0 Å². The zero-order valence-corrected chi connectivity index (χ0v) is 16.8. The highest BCUT2D eigenvalue weighted by Gasteiger charge is 2.11. The second-order valence-corrected chi connectivity index (χ2v) is 6.88. The summed E-state index contributed by atoms with van der Waals surface area (Å²) in [6, 6.07) is 13.3. The SMILES string of the molecule is CCc1cccnc1[C@H](O)C#Cc1cccc(-c2nc(C)c3ccnc(N)c3n2)c1. The number of rotatable bonds is 3. The summed E-state index contributed by atoms with van der Waals surface area (Å²) in [6.07, 6.45) is 3.16. The summed E-state index contributed by atoms with van der Waals surface area (Å²) < 4.78 is 0. The van der Waals surface area contributed by atoms with Gasteiger partial charge in [0.2, 0.25) is 0 Å². The molecule has 4 rings (SSSR count). The number of hydrogen-bond donors (Lipinski definition) is 2. The number of nitrogens with two attached hydrogens (primary N) is 1. The van der Waals surface area contributed by atoms with Crippen molar-refractivity contribution in [3.63, 3.8) is 0 Å². The lowest BCUT2D eigenvalue weighted by Gasteiger charge is -2.08. The van der Waals surface area contributed by atoms with Crippen molar-refractivity contribution in [2.45, 2.75) is 26.4 Å². The average molecular weight is 395 g/mol. The molecule has 30 heavy (non-hydrogen) atoms. The number of benzene rings is 1. The molecule has 1 aromatic carbocycles. The van der Waals surface area contributed by atoms with E-state index in [0.29, 0.717) is 22.9 Å². The summed E-state index contributed by atoms with van der Waals surface area (Å²) in [4.78, 5) is 17.6. The molecule has 0 aliphatic carbocycles. The topological polar surface area (TPSA) is 97.8 Å². The molecule has 6 nitrogen and oxygen atoms in total. The predicted molar refractivity (Wildman–Crippen MR) is 117 cm³/mol. The van der Waals surface area contributed by atoms with Crippen LogP contribution in [-0.2, 0) is 6.42 Å². The van der Waals surface area contributed by atoms with Crippen LogP contribution in [0.2, 0.25) is 0 Å². The van der Waals surface area contributed by atoms with Gasteiger partial charge in [0, 0.05) is 34.6 Å². The fourth-order valence-corrected chi connectivity index (χ4v) is 3.31. The fraction of sp³-hybridized carbons (Fsp3) is 0.167. The van der Waals surface area contributed by atoms with Crippen molar-refractivity contribution < 1.29 is 5.11 Å². The van der Waals surface area contributed by atoms with E-state index in [2.05, 4.69) is 31.8 Å². The Morgan fingerprint density at radius 2 is 1.93 bits per heavy atom. The number of aromatic nitrogens is 4. The molecular weight excluding hydrogens is 374 g/mol. The largest absolute Gasteiger partial charge is 0.382 e. The Hall–Kier alpha value is -3.82. The Morgan fingerprint density at radius 1 is 1.07 bits per heavy atom. The van der Waals surface area contributed by atoms with Gasteiger partial charge in [-0.05, 0) is 43.2 Å². The van der Waals surface area contributed by atoms with Gasteiger partial charge in [-0.15, -0.1) is 0 Å². The zero-order valence-electron chi connectivity index (χ0n) is 16.8. The molecule has 0 saturated heterocycles. The standard InChI is InChI=1S/C24H21N5O/c1-3-17-8-5-12-26-21(17)20(30)10-9-16-6-4-7-18(14-16)24-28-15(2)19-11-13-27-23(25)22(19)29-24/h4-8,11-14,20,30H,3H2,1-2H3,(H2,25,27)/t20-/m1/s1. The molecule has 148 valence electrons. The minimum Gasteiger partial charge on any atom is -0.382 e. The molecular formula is C24H21N5O. The average Bonchev–Trinajstić information content (AvgIpc) is 2.78. The highest BCUT2D eigenvalue weighted by atomic mass is 16.3. The molecule has 0 unspecified atom stereocenters. The first-order chi connectivity index (χ1) is 14.6. The van der Waals surface area contributed by atoms with Crippen LogP contribution in [0.15, 0.2) is 54.9 Å². The van der Waals surface area contributed by atoms with Crippen LogP contribution in [0, 0.1) is 18.8 Å². The Kier molecular flexibility index (Phi) is 5.38. The van der Waals surface area contributed by atoms with Crippen LogP contribution in [0.5, 0.6) is 0 Å². The smallest absolute Gasteiger partial charge is 0.160 e. The molecule has 0 spiro atoms. The summed E-state index contributed by atoms with van der Waals surface area (Å²) in [5, 5.41) is 11.4. The molecule has 0 saturated carbocycles. The summed E-state index contributed by atoms with van der Waals surface area (Å²) in [6.45, 7) is 3.95. The minimum absolute atomic E-state index is 0.375. The monoisotopic (exact) mass is 395 g/mol. The van der Waals surface area contributed by atoms with E-state index in [0.717, 1.165) is 34.2 Å². The van der Waals surface area contributed by atoms with Crippen molar-refractivity contribution in [1.82, 2.24) is 19.9 Å². The minimum atomic E-state index is -0.949. The van der Waals surface area contributed by atoms with Gasteiger partial charge in [0.1, 0.15) is 11.3 Å². The Labute approximate surface area is 174 Å². The molecule has 3 N–H and O–H groups in total. The lowest BCUT2D eigenvalue weighted by Crippen LogP contribution is -2.02. The molecule has 4 aromatic rings. The number of anilines is 1. The van der Waals surface area contributed by atoms with Crippen LogP contribution in [0.4, 0.5) is 5.82 Å². The number of nitrogens with zero attached hydrogens (tertiary/aromatic N) is 4. The van der Waals surface area contributed by atoms with E-state index in [-0.39, 0.29) is 0 Å². The molecule has 6 heteroatoms. The number of hydrogen-bond acceptors (Lipinski definition) is 6. The van der Waals surface area contributed by atoms with E-state index in [4.69, 9.17) is 5.73 Å². The first-order valence-electron chi connectivity index (χ1n) is 9.69. The van der Waals surface area contributed by atoms with Gasteiger partial charge in [-0.2, -0.15) is 0 Å². The van der Waals surface area contributed by atoms with Crippen LogP contribution in [0.1, 0.15) is 35.5 Å². The normalized spacial score (nSPS) is 11.7. The van der Waals surface area contributed by atoms with Crippen molar-refractivity contribution in [1.29, 1.82) is 0 Å². The number of nitrogen functional groups attached to an aromatic ring is 1. The van der Waals surface area contributed by atoms with Crippen molar-refractivity contribution in [2.75, 3.05) is 5.73 Å². The van der Waals surface area contributed by atoms with E-state index in [1.807, 2.05) is 56.3 Å². The third-order valence-corrected chi connectivity index (χ3v) is 4.87. The lowest BCUT2D eigenvalue weighted by atomic mass is 10.1. The summed E-state index contributed by atoms with van der Waals surface area (Å²) >= 11 is 0. The van der Waals surface area contributed by atoms with Gasteiger partial charge >= 0.3 is 0 Å². The maximum atomic E-state index is 10.5. The van der Waals surface area contributed by atoms with Crippen molar-refractivity contribution in [3.05, 3.63) is 77.4 Å². The van der Waals surface area contributed by atoms with Crippen LogP contribution < -0.4 is 5.73 Å². The molecule has 3 heterocycles. The number of aryl methyl sites for hydroxylation is 2. The van der Waals surface area contributed by atoms with Gasteiger partial charge in [0.05, 0.1) is 5.69 Å². The van der Waals surface area contributed by atoms with Crippen molar-refractivity contribution in [3.8, 4) is 23.2 Å². The molecule has 0 aliphatic heterocycles. The molecule has 0 bridgehead atoms. The number of pyridine rings is 2. The summed E-state index contributed by atoms with van der Waals surface area (Å²) in [7, 11) is 0. The van der Waals surface area contributed by atoms with Crippen LogP contribution >= 0.6 is 0 Å². The van der Waals surface area contributed by atoms with E-state index in [9.17, 15) is 5.11 Å². The second kappa shape index (κ2) is 8.27. The Morgan fingerprint density at radius 3 is 2.77 bits per heavy atom. The van der Waals surface area contributed by atoms with Gasteiger partial charge in [-0.1, -0.05) is 37.0 Å². The molecule has 3 aromatic heterocycles. The molecule has 0 radical (unpaired) electrons. The van der Waals surface area contributed by atoms with Gasteiger partial charge < -0.3 is 10.8 Å². The lowest BCUT2D eigenvalue weighted by molar-refractivity contribution is 0.232. The zero-order chi connectivity index (χ0) is 21.1. The number of aliphatic hydroxyl groups excluding tert-OH is 1. The first kappa shape index (κ1) is 19.5. The number of fused-ring (bicyclic) bond motifs is 1. The van der Waals surface area contributed by atoms with E-state index in [1.54, 1.807) is 12.4 Å². The molecule has 0 aliphatic rings. The summed E-state index contributed by atoms with van der Waals surface area (Å²) in [5.74, 6) is 6.86. The predicted octanol–water partition coefficient (Wildman–Crippen LogP) is 3.62. The number of aliphatic hydroxyl groups is 1. The maximum absolute atomic E-state index is 10.5. The highest BCUT2D eigenvalue weighted by Crippen LogP contribution is 2.24. The van der Waals surface area contributed by atoms with Crippen LogP contribution in [0.3, 0.4) is 0 Å². The third kappa shape index (κ3) is 3.84.